The van der Waals surface area contributed by atoms with Crippen LogP contribution in [-0.2, 0) is 22.6 Å². The van der Waals surface area contributed by atoms with E-state index in [1.54, 1.807) is 16.6 Å². The molecule has 3 heterocycles. The lowest BCUT2D eigenvalue weighted by atomic mass is 10.1. The number of esters is 1. The van der Waals surface area contributed by atoms with Crippen molar-refractivity contribution in [1.29, 1.82) is 0 Å². The van der Waals surface area contributed by atoms with Gasteiger partial charge in [0, 0.05) is 39.0 Å². The zero-order chi connectivity index (χ0) is 20.7. The fourth-order valence-corrected chi connectivity index (χ4v) is 3.40. The number of aryl methyl sites for hydroxylation is 3. The van der Waals surface area contributed by atoms with Crippen LogP contribution in [0.3, 0.4) is 0 Å². The molecule has 4 aromatic rings. The Hall–Kier alpha value is -3.26. The molecule has 0 aliphatic carbocycles. The van der Waals surface area contributed by atoms with Crippen molar-refractivity contribution in [3.63, 3.8) is 0 Å². The Morgan fingerprint density at radius 3 is 2.83 bits per heavy atom. The minimum atomic E-state index is -0.516. The van der Waals surface area contributed by atoms with Crippen LogP contribution in [-0.4, -0.2) is 25.6 Å². The van der Waals surface area contributed by atoms with E-state index in [2.05, 4.69) is 15.1 Å². The molecule has 0 saturated heterocycles. The molecule has 3 aromatic heterocycles. The summed E-state index contributed by atoms with van der Waals surface area (Å²) >= 11 is 6.19. The average Bonchev–Trinajstić information content (AvgIpc) is 3.13. The van der Waals surface area contributed by atoms with Crippen molar-refractivity contribution in [3.8, 4) is 0 Å². The Morgan fingerprint density at radius 2 is 2.03 bits per heavy atom. The van der Waals surface area contributed by atoms with Gasteiger partial charge in [-0.25, -0.2) is 14.3 Å². The molecule has 0 spiro atoms. The standard InChI is InChI=1S/C20H17ClN4O4/c1-10-4-17-15(6-16(10)21)13(5-19(27)29-17)8-28-18(26)7-14-11(2)24-20-22-9-23-25(20)12(14)3/h4-6,9H,7-8H2,1-3H3. The summed E-state index contributed by atoms with van der Waals surface area (Å²) < 4.78 is 12.2. The summed E-state index contributed by atoms with van der Waals surface area (Å²) in [6, 6.07) is 4.70. The van der Waals surface area contributed by atoms with Gasteiger partial charge in [0.25, 0.3) is 5.78 Å². The van der Waals surface area contributed by atoms with Crippen molar-refractivity contribution >= 4 is 34.3 Å². The van der Waals surface area contributed by atoms with E-state index < -0.39 is 11.6 Å². The average molecular weight is 413 g/mol. The second kappa shape index (κ2) is 7.29. The van der Waals surface area contributed by atoms with Crippen LogP contribution >= 0.6 is 11.6 Å². The largest absolute Gasteiger partial charge is 0.461 e. The van der Waals surface area contributed by atoms with Gasteiger partial charge in [0.15, 0.2) is 0 Å². The summed E-state index contributed by atoms with van der Waals surface area (Å²) in [6.45, 7) is 5.40. The third-order valence-electron chi connectivity index (χ3n) is 4.81. The van der Waals surface area contributed by atoms with Crippen molar-refractivity contribution < 1.29 is 13.9 Å². The Balaban J connectivity index is 1.58. The van der Waals surface area contributed by atoms with E-state index in [0.717, 1.165) is 16.8 Å². The third-order valence-corrected chi connectivity index (χ3v) is 5.22. The van der Waals surface area contributed by atoms with Crippen molar-refractivity contribution in [2.75, 3.05) is 0 Å². The Labute approximate surface area is 170 Å². The highest BCUT2D eigenvalue weighted by atomic mass is 35.5. The number of rotatable bonds is 4. The SMILES string of the molecule is Cc1cc2oc(=O)cc(COC(=O)Cc3c(C)nc4ncnn4c3C)c2cc1Cl. The number of ether oxygens (including phenoxy) is 1. The Bertz CT molecular complexity index is 1330. The van der Waals surface area contributed by atoms with E-state index >= 15 is 0 Å². The first kappa shape index (κ1) is 19.1. The van der Waals surface area contributed by atoms with E-state index in [0.29, 0.717) is 33.0 Å². The summed E-state index contributed by atoms with van der Waals surface area (Å²) in [4.78, 5) is 32.8. The van der Waals surface area contributed by atoms with Crippen LogP contribution in [0.5, 0.6) is 0 Å². The Kier molecular flexibility index (Phi) is 4.79. The maximum atomic E-state index is 12.5. The van der Waals surface area contributed by atoms with Gasteiger partial charge in [0.2, 0.25) is 0 Å². The zero-order valence-corrected chi connectivity index (χ0v) is 16.8. The van der Waals surface area contributed by atoms with Gasteiger partial charge in [-0.1, -0.05) is 11.6 Å². The number of carbonyl (C=O) groups is 1. The molecule has 9 heteroatoms. The van der Waals surface area contributed by atoms with Crippen LogP contribution in [0.2, 0.25) is 5.02 Å². The number of hydrogen-bond donors (Lipinski definition) is 0. The quantitative estimate of drug-likeness (QED) is 0.375. The highest BCUT2D eigenvalue weighted by molar-refractivity contribution is 6.32. The number of carbonyl (C=O) groups excluding carboxylic acids is 1. The van der Waals surface area contributed by atoms with E-state index in [4.69, 9.17) is 20.8 Å². The predicted octanol–water partition coefficient (Wildman–Crippen LogP) is 3.10. The monoisotopic (exact) mass is 412 g/mol. The topological polar surface area (TPSA) is 99.6 Å². The van der Waals surface area contributed by atoms with Crippen molar-refractivity contribution in [1.82, 2.24) is 19.6 Å². The number of fused-ring (bicyclic) bond motifs is 2. The lowest BCUT2D eigenvalue weighted by molar-refractivity contribution is -0.144. The molecule has 148 valence electrons. The van der Waals surface area contributed by atoms with E-state index in [9.17, 15) is 9.59 Å². The molecule has 8 nitrogen and oxygen atoms in total. The number of nitrogens with zero attached hydrogens (tertiary/aromatic N) is 4. The first-order chi connectivity index (χ1) is 13.8. The number of halogens is 1. The molecular formula is C20H17ClN4O4. The lowest BCUT2D eigenvalue weighted by Gasteiger charge is -2.11. The second-order valence-corrected chi connectivity index (χ2v) is 7.17. The molecule has 0 aliphatic heterocycles. The van der Waals surface area contributed by atoms with Crippen LogP contribution in [0.15, 0.2) is 33.7 Å². The first-order valence-corrected chi connectivity index (χ1v) is 9.25. The number of benzene rings is 1. The molecular weight excluding hydrogens is 396 g/mol. The summed E-state index contributed by atoms with van der Waals surface area (Å²) in [6.07, 6.45) is 1.44. The summed E-state index contributed by atoms with van der Waals surface area (Å²) in [7, 11) is 0. The van der Waals surface area contributed by atoms with Crippen molar-refractivity contribution in [3.05, 3.63) is 68.0 Å². The second-order valence-electron chi connectivity index (χ2n) is 6.76. The molecule has 0 fully saturated rings. The Morgan fingerprint density at radius 1 is 1.24 bits per heavy atom. The highest BCUT2D eigenvalue weighted by Gasteiger charge is 2.16. The van der Waals surface area contributed by atoms with Gasteiger partial charge in [-0.2, -0.15) is 10.1 Å². The van der Waals surface area contributed by atoms with E-state index in [1.165, 1.54) is 12.4 Å². The normalized spacial score (nSPS) is 11.3. The molecule has 0 unspecified atom stereocenters. The molecule has 1 aromatic carbocycles. The fraction of sp³-hybridized carbons (Fsp3) is 0.250. The van der Waals surface area contributed by atoms with Gasteiger partial charge in [-0.05, 0) is 38.5 Å². The molecule has 4 rings (SSSR count). The van der Waals surface area contributed by atoms with Crippen molar-refractivity contribution in [2.24, 2.45) is 0 Å². The molecule has 0 amide bonds. The number of aromatic nitrogens is 4. The van der Waals surface area contributed by atoms with Crippen LogP contribution < -0.4 is 5.63 Å². The summed E-state index contributed by atoms with van der Waals surface area (Å²) in [5.74, 6) is 0.0313. The molecule has 0 aliphatic rings. The minimum absolute atomic E-state index is 0.0275. The lowest BCUT2D eigenvalue weighted by Crippen LogP contribution is -2.14. The molecule has 0 atom stereocenters. The maximum Gasteiger partial charge on any atom is 0.336 e. The zero-order valence-electron chi connectivity index (χ0n) is 16.0. The summed E-state index contributed by atoms with van der Waals surface area (Å²) in [5, 5.41) is 5.28. The van der Waals surface area contributed by atoms with Gasteiger partial charge in [-0.15, -0.1) is 0 Å². The number of hydrogen-bond acceptors (Lipinski definition) is 7. The van der Waals surface area contributed by atoms with Gasteiger partial charge in [-0.3, -0.25) is 4.79 Å². The first-order valence-electron chi connectivity index (χ1n) is 8.88. The van der Waals surface area contributed by atoms with Gasteiger partial charge >= 0.3 is 11.6 Å². The van der Waals surface area contributed by atoms with Crippen LogP contribution in [0, 0.1) is 20.8 Å². The highest BCUT2D eigenvalue weighted by Crippen LogP contribution is 2.25. The van der Waals surface area contributed by atoms with E-state index in [-0.39, 0.29) is 13.0 Å². The smallest absolute Gasteiger partial charge is 0.336 e. The van der Waals surface area contributed by atoms with Crippen molar-refractivity contribution in [2.45, 2.75) is 33.8 Å². The molecule has 29 heavy (non-hydrogen) atoms. The van der Waals surface area contributed by atoms with Gasteiger partial charge in [0.1, 0.15) is 18.5 Å². The van der Waals surface area contributed by atoms with Gasteiger partial charge in [0.05, 0.1) is 6.42 Å². The van der Waals surface area contributed by atoms with Crippen LogP contribution in [0.4, 0.5) is 0 Å². The summed E-state index contributed by atoms with van der Waals surface area (Å²) in [5.41, 5.74) is 3.39. The predicted molar refractivity (Wildman–Crippen MR) is 106 cm³/mol. The molecule has 0 bridgehead atoms. The van der Waals surface area contributed by atoms with Gasteiger partial charge < -0.3 is 9.15 Å². The minimum Gasteiger partial charge on any atom is -0.461 e. The van der Waals surface area contributed by atoms with Crippen LogP contribution in [0.1, 0.15) is 28.1 Å². The van der Waals surface area contributed by atoms with Crippen LogP contribution in [0.25, 0.3) is 16.7 Å². The third kappa shape index (κ3) is 3.58. The molecule has 0 N–H and O–H groups in total. The molecule has 0 saturated carbocycles. The molecule has 0 radical (unpaired) electrons. The maximum absolute atomic E-state index is 12.5. The fourth-order valence-electron chi connectivity index (χ4n) is 3.23. The van der Waals surface area contributed by atoms with E-state index in [1.807, 2.05) is 20.8 Å².